The highest BCUT2D eigenvalue weighted by molar-refractivity contribution is 5.84. The van der Waals surface area contributed by atoms with Crippen LogP contribution in [0, 0.1) is 0 Å². The topological polar surface area (TPSA) is 56.8 Å². The Morgan fingerprint density at radius 2 is 1.85 bits per heavy atom. The van der Waals surface area contributed by atoms with Gasteiger partial charge in [-0.2, -0.15) is 0 Å². The van der Waals surface area contributed by atoms with Crippen LogP contribution in [0.5, 0.6) is 11.5 Å². The van der Waals surface area contributed by atoms with Gasteiger partial charge in [0, 0.05) is 5.56 Å². The van der Waals surface area contributed by atoms with E-state index in [0.717, 1.165) is 42.6 Å². The minimum absolute atomic E-state index is 0.0879. The van der Waals surface area contributed by atoms with Gasteiger partial charge in [0.05, 0.1) is 12.6 Å². The minimum Gasteiger partial charge on any atom is -0.497 e. The summed E-state index contributed by atoms with van der Waals surface area (Å²) >= 11 is 0. The van der Waals surface area contributed by atoms with E-state index in [1.807, 2.05) is 48.5 Å². The Morgan fingerprint density at radius 1 is 1.12 bits per heavy atom. The van der Waals surface area contributed by atoms with E-state index in [2.05, 4.69) is 5.32 Å². The highest BCUT2D eigenvalue weighted by Crippen LogP contribution is 2.40. The van der Waals surface area contributed by atoms with Crippen LogP contribution >= 0.6 is 0 Å². The number of amides is 1. The number of benzene rings is 2. The number of hydrogen-bond donors (Lipinski definition) is 1. The van der Waals surface area contributed by atoms with Gasteiger partial charge in [-0.05, 0) is 36.6 Å². The van der Waals surface area contributed by atoms with Crippen LogP contribution in [-0.4, -0.2) is 19.8 Å². The van der Waals surface area contributed by atoms with E-state index < -0.39 is 6.10 Å². The van der Waals surface area contributed by atoms with Gasteiger partial charge in [0.15, 0.2) is 12.9 Å². The third-order valence-corrected chi connectivity index (χ3v) is 5.35. The standard InChI is InChI=1S/C21H23NO4/c1-24-16-10-8-15(9-11-16)21(12-4-5-13-21)22-20(23)19-17-6-2-3-7-18(17)25-14-26-19/h2-3,6-11,19H,4-5,12-14H2,1H3,(H,22,23)/t19-/m1/s1. The molecule has 5 nitrogen and oxygen atoms in total. The Bertz CT molecular complexity index is 781. The first-order chi connectivity index (χ1) is 12.7. The first-order valence-corrected chi connectivity index (χ1v) is 9.02. The number of hydrogen-bond acceptors (Lipinski definition) is 4. The van der Waals surface area contributed by atoms with Crippen LogP contribution in [0.2, 0.25) is 0 Å². The molecular weight excluding hydrogens is 330 g/mol. The lowest BCUT2D eigenvalue weighted by Crippen LogP contribution is -2.47. The highest BCUT2D eigenvalue weighted by atomic mass is 16.7. The lowest BCUT2D eigenvalue weighted by atomic mass is 9.87. The fraction of sp³-hybridized carbons (Fsp3) is 0.381. The SMILES string of the molecule is COc1ccc(C2(NC(=O)[C@@H]3OCOc4ccccc43)CCCC2)cc1. The summed E-state index contributed by atoms with van der Waals surface area (Å²) in [5.41, 5.74) is 1.54. The first-order valence-electron chi connectivity index (χ1n) is 9.02. The van der Waals surface area contributed by atoms with Gasteiger partial charge < -0.3 is 19.5 Å². The Kier molecular flexibility index (Phi) is 4.55. The third kappa shape index (κ3) is 3.03. The summed E-state index contributed by atoms with van der Waals surface area (Å²) in [7, 11) is 1.65. The molecule has 136 valence electrons. The molecule has 0 spiro atoms. The molecule has 2 aromatic carbocycles. The number of para-hydroxylation sites is 1. The van der Waals surface area contributed by atoms with Crippen molar-refractivity contribution in [1.82, 2.24) is 5.32 Å². The first kappa shape index (κ1) is 16.9. The molecule has 5 heteroatoms. The van der Waals surface area contributed by atoms with Crippen molar-refractivity contribution in [3.8, 4) is 11.5 Å². The smallest absolute Gasteiger partial charge is 0.254 e. The average Bonchev–Trinajstić information content (AvgIpc) is 3.17. The molecule has 1 atom stereocenters. The maximum atomic E-state index is 13.1. The van der Waals surface area contributed by atoms with E-state index in [4.69, 9.17) is 14.2 Å². The maximum absolute atomic E-state index is 13.1. The van der Waals surface area contributed by atoms with Crippen molar-refractivity contribution in [2.75, 3.05) is 13.9 Å². The number of methoxy groups -OCH3 is 1. The predicted octanol–water partition coefficient (Wildman–Crippen LogP) is 3.69. The Balaban J connectivity index is 1.60. The molecule has 0 aromatic heterocycles. The summed E-state index contributed by atoms with van der Waals surface area (Å²) < 4.78 is 16.4. The quantitative estimate of drug-likeness (QED) is 0.911. The molecular formula is C21H23NO4. The van der Waals surface area contributed by atoms with Gasteiger partial charge in [-0.1, -0.05) is 43.2 Å². The van der Waals surface area contributed by atoms with Crippen molar-refractivity contribution in [3.63, 3.8) is 0 Å². The molecule has 1 fully saturated rings. The van der Waals surface area contributed by atoms with Crippen LogP contribution in [0.4, 0.5) is 0 Å². The lowest BCUT2D eigenvalue weighted by molar-refractivity contribution is -0.144. The molecule has 1 amide bonds. The summed E-state index contributed by atoms with van der Waals surface area (Å²) in [5.74, 6) is 1.41. The van der Waals surface area contributed by atoms with Gasteiger partial charge in [-0.25, -0.2) is 0 Å². The summed E-state index contributed by atoms with van der Waals surface area (Å²) in [6.45, 7) is 0.0879. The van der Waals surface area contributed by atoms with Crippen LogP contribution in [0.15, 0.2) is 48.5 Å². The average molecular weight is 353 g/mol. The number of nitrogens with one attached hydrogen (secondary N) is 1. The lowest BCUT2D eigenvalue weighted by Gasteiger charge is -2.34. The van der Waals surface area contributed by atoms with E-state index in [9.17, 15) is 4.79 Å². The molecule has 2 aliphatic rings. The second-order valence-corrected chi connectivity index (χ2v) is 6.85. The predicted molar refractivity (Wildman–Crippen MR) is 97.0 cm³/mol. The number of rotatable bonds is 4. The molecule has 1 aliphatic carbocycles. The van der Waals surface area contributed by atoms with Gasteiger partial charge in [0.2, 0.25) is 0 Å². The molecule has 0 unspecified atom stereocenters. The molecule has 1 saturated carbocycles. The summed E-state index contributed by atoms with van der Waals surface area (Å²) in [6, 6.07) is 15.5. The summed E-state index contributed by atoms with van der Waals surface area (Å²) in [6.07, 6.45) is 3.40. The Labute approximate surface area is 153 Å². The number of carbonyl (C=O) groups is 1. The second kappa shape index (κ2) is 7.00. The molecule has 1 heterocycles. The van der Waals surface area contributed by atoms with Gasteiger partial charge in [-0.15, -0.1) is 0 Å². The second-order valence-electron chi connectivity index (χ2n) is 6.85. The van der Waals surface area contributed by atoms with E-state index in [1.54, 1.807) is 7.11 Å². The number of ether oxygens (including phenoxy) is 3. The zero-order valence-corrected chi connectivity index (χ0v) is 14.9. The fourth-order valence-electron chi connectivity index (χ4n) is 3.98. The molecule has 1 aliphatic heterocycles. The van der Waals surface area contributed by atoms with Gasteiger partial charge in [0.1, 0.15) is 11.5 Å². The number of fused-ring (bicyclic) bond motifs is 1. The highest BCUT2D eigenvalue weighted by Gasteiger charge is 2.40. The monoisotopic (exact) mass is 353 g/mol. The Hall–Kier alpha value is -2.53. The van der Waals surface area contributed by atoms with Crippen molar-refractivity contribution < 1.29 is 19.0 Å². The fourth-order valence-corrected chi connectivity index (χ4v) is 3.98. The van der Waals surface area contributed by atoms with Gasteiger partial charge in [-0.3, -0.25) is 4.79 Å². The van der Waals surface area contributed by atoms with Crippen LogP contribution in [0.25, 0.3) is 0 Å². The molecule has 4 rings (SSSR count). The van der Waals surface area contributed by atoms with Crippen molar-refractivity contribution in [2.45, 2.75) is 37.3 Å². The van der Waals surface area contributed by atoms with Crippen molar-refractivity contribution in [3.05, 3.63) is 59.7 Å². The summed E-state index contributed by atoms with van der Waals surface area (Å²) in [5, 5.41) is 3.30. The van der Waals surface area contributed by atoms with E-state index in [0.29, 0.717) is 5.75 Å². The van der Waals surface area contributed by atoms with Crippen molar-refractivity contribution >= 4 is 5.91 Å². The largest absolute Gasteiger partial charge is 0.497 e. The number of carbonyl (C=O) groups excluding carboxylic acids is 1. The molecule has 2 aromatic rings. The molecule has 26 heavy (non-hydrogen) atoms. The van der Waals surface area contributed by atoms with Crippen molar-refractivity contribution in [1.29, 1.82) is 0 Å². The van der Waals surface area contributed by atoms with E-state index in [-0.39, 0.29) is 18.2 Å². The molecule has 1 N–H and O–H groups in total. The molecule has 0 radical (unpaired) electrons. The van der Waals surface area contributed by atoms with Crippen molar-refractivity contribution in [2.24, 2.45) is 0 Å². The zero-order valence-electron chi connectivity index (χ0n) is 14.9. The molecule has 0 saturated heterocycles. The molecule has 0 bridgehead atoms. The van der Waals surface area contributed by atoms with E-state index >= 15 is 0 Å². The van der Waals surface area contributed by atoms with Crippen LogP contribution in [0.3, 0.4) is 0 Å². The van der Waals surface area contributed by atoms with E-state index in [1.165, 1.54) is 0 Å². The third-order valence-electron chi connectivity index (χ3n) is 5.35. The van der Waals surface area contributed by atoms with Crippen LogP contribution in [0.1, 0.15) is 42.9 Å². The zero-order chi connectivity index (χ0) is 18.0. The minimum atomic E-state index is -0.643. The van der Waals surface area contributed by atoms with Crippen LogP contribution < -0.4 is 14.8 Å². The Morgan fingerprint density at radius 3 is 2.58 bits per heavy atom. The van der Waals surface area contributed by atoms with Gasteiger partial charge >= 0.3 is 0 Å². The van der Waals surface area contributed by atoms with Crippen LogP contribution in [-0.2, 0) is 15.1 Å². The normalized spacial score (nSPS) is 20.7. The summed E-state index contributed by atoms with van der Waals surface area (Å²) in [4.78, 5) is 13.1. The van der Waals surface area contributed by atoms with Gasteiger partial charge in [0.25, 0.3) is 5.91 Å². The maximum Gasteiger partial charge on any atom is 0.254 e.